The van der Waals surface area contributed by atoms with Crippen LogP contribution < -0.4 is 5.32 Å². The van der Waals surface area contributed by atoms with E-state index in [0.717, 1.165) is 17.5 Å². The zero-order chi connectivity index (χ0) is 15.8. The molecule has 2 rings (SSSR count). The third-order valence-corrected chi connectivity index (χ3v) is 3.60. The molecule has 3 heteroatoms. The highest BCUT2D eigenvalue weighted by Crippen LogP contribution is 2.22. The topological polar surface area (TPSA) is 38.3 Å². The van der Waals surface area contributed by atoms with Crippen LogP contribution in [-0.4, -0.2) is 19.6 Å². The van der Waals surface area contributed by atoms with Crippen LogP contribution in [0.15, 0.2) is 54.6 Å². The van der Waals surface area contributed by atoms with E-state index in [9.17, 15) is 4.79 Å². The van der Waals surface area contributed by atoms with E-state index in [1.165, 1.54) is 5.56 Å². The Balaban J connectivity index is 2.15. The van der Waals surface area contributed by atoms with Gasteiger partial charge in [0.1, 0.15) is 0 Å². The molecule has 0 bridgehead atoms. The standard InChI is InChI=1S/C19H23NO2/c1-15-10-12-17(13-11-15)19(16-7-4-3-5-8-16)20-18(21)9-6-14-22-2/h3-5,7-8,10-13,19H,6,9,14H2,1-2H3,(H,20,21). The Morgan fingerprint density at radius 2 is 1.68 bits per heavy atom. The van der Waals surface area contributed by atoms with Gasteiger partial charge < -0.3 is 10.1 Å². The Hall–Kier alpha value is -2.13. The molecule has 1 N–H and O–H groups in total. The first kappa shape index (κ1) is 16.2. The van der Waals surface area contributed by atoms with Crippen LogP contribution in [0, 0.1) is 6.92 Å². The van der Waals surface area contributed by atoms with Gasteiger partial charge in [0.15, 0.2) is 0 Å². The highest BCUT2D eigenvalue weighted by atomic mass is 16.5. The van der Waals surface area contributed by atoms with E-state index < -0.39 is 0 Å². The van der Waals surface area contributed by atoms with Gasteiger partial charge in [0.2, 0.25) is 5.91 Å². The molecule has 0 saturated carbocycles. The molecular formula is C19H23NO2. The van der Waals surface area contributed by atoms with Crippen LogP contribution in [0.3, 0.4) is 0 Å². The van der Waals surface area contributed by atoms with Gasteiger partial charge in [-0.25, -0.2) is 0 Å². The van der Waals surface area contributed by atoms with Crippen molar-refractivity contribution in [1.82, 2.24) is 5.32 Å². The van der Waals surface area contributed by atoms with Gasteiger partial charge >= 0.3 is 0 Å². The molecule has 116 valence electrons. The molecule has 1 atom stereocenters. The Bertz CT molecular complexity index is 578. The smallest absolute Gasteiger partial charge is 0.220 e. The Labute approximate surface area is 132 Å². The summed E-state index contributed by atoms with van der Waals surface area (Å²) < 4.78 is 5.00. The number of rotatable bonds is 7. The lowest BCUT2D eigenvalue weighted by Crippen LogP contribution is -2.29. The second-order valence-electron chi connectivity index (χ2n) is 5.42. The molecule has 0 aromatic heterocycles. The Kier molecular flexibility index (Phi) is 6.16. The maximum absolute atomic E-state index is 12.2. The Morgan fingerprint density at radius 3 is 2.32 bits per heavy atom. The van der Waals surface area contributed by atoms with E-state index in [1.807, 2.05) is 30.3 Å². The third kappa shape index (κ3) is 4.71. The highest BCUT2D eigenvalue weighted by molar-refractivity contribution is 5.77. The maximum atomic E-state index is 12.2. The van der Waals surface area contributed by atoms with Crippen molar-refractivity contribution in [2.24, 2.45) is 0 Å². The summed E-state index contributed by atoms with van der Waals surface area (Å²) in [6.45, 7) is 2.67. The lowest BCUT2D eigenvalue weighted by Gasteiger charge is -2.20. The summed E-state index contributed by atoms with van der Waals surface area (Å²) in [5.74, 6) is 0.0477. The second kappa shape index (κ2) is 8.35. The molecule has 0 fully saturated rings. The van der Waals surface area contributed by atoms with Crippen LogP contribution in [-0.2, 0) is 9.53 Å². The van der Waals surface area contributed by atoms with Crippen molar-refractivity contribution >= 4 is 5.91 Å². The van der Waals surface area contributed by atoms with E-state index in [2.05, 4.69) is 36.5 Å². The fraction of sp³-hybridized carbons (Fsp3) is 0.316. The molecule has 22 heavy (non-hydrogen) atoms. The van der Waals surface area contributed by atoms with Crippen LogP contribution in [0.2, 0.25) is 0 Å². The number of hydrogen-bond donors (Lipinski definition) is 1. The number of nitrogens with one attached hydrogen (secondary N) is 1. The molecule has 1 unspecified atom stereocenters. The molecule has 2 aromatic rings. The zero-order valence-electron chi connectivity index (χ0n) is 13.2. The van der Waals surface area contributed by atoms with E-state index in [0.29, 0.717) is 13.0 Å². The summed E-state index contributed by atoms with van der Waals surface area (Å²) in [6.07, 6.45) is 1.21. The summed E-state index contributed by atoms with van der Waals surface area (Å²) in [7, 11) is 1.65. The molecule has 1 amide bonds. The largest absolute Gasteiger partial charge is 0.385 e. The van der Waals surface area contributed by atoms with Crippen LogP contribution in [0.25, 0.3) is 0 Å². The van der Waals surface area contributed by atoms with Crippen LogP contribution >= 0.6 is 0 Å². The van der Waals surface area contributed by atoms with Crippen molar-refractivity contribution in [2.45, 2.75) is 25.8 Å². The predicted octanol–water partition coefficient (Wildman–Crippen LogP) is 3.63. The molecule has 2 aromatic carbocycles. The van der Waals surface area contributed by atoms with Crippen LogP contribution in [0.1, 0.15) is 35.6 Å². The highest BCUT2D eigenvalue weighted by Gasteiger charge is 2.16. The monoisotopic (exact) mass is 297 g/mol. The minimum atomic E-state index is -0.114. The van der Waals surface area contributed by atoms with Gasteiger partial charge in [-0.1, -0.05) is 60.2 Å². The number of ether oxygens (including phenoxy) is 1. The third-order valence-electron chi connectivity index (χ3n) is 3.60. The molecule has 0 spiro atoms. The molecular weight excluding hydrogens is 274 g/mol. The number of carbonyl (C=O) groups excluding carboxylic acids is 1. The number of aryl methyl sites for hydroxylation is 1. The number of hydrogen-bond acceptors (Lipinski definition) is 2. The van der Waals surface area contributed by atoms with E-state index in [1.54, 1.807) is 7.11 Å². The molecule has 0 aliphatic heterocycles. The Morgan fingerprint density at radius 1 is 1.05 bits per heavy atom. The molecule has 3 nitrogen and oxygen atoms in total. The number of methoxy groups -OCH3 is 1. The number of carbonyl (C=O) groups is 1. The van der Waals surface area contributed by atoms with Crippen molar-refractivity contribution in [3.05, 3.63) is 71.3 Å². The van der Waals surface area contributed by atoms with Gasteiger partial charge in [0.25, 0.3) is 0 Å². The van der Waals surface area contributed by atoms with Gasteiger partial charge in [-0.2, -0.15) is 0 Å². The summed E-state index contributed by atoms with van der Waals surface area (Å²) in [6, 6.07) is 18.2. The summed E-state index contributed by atoms with van der Waals surface area (Å²) in [5, 5.41) is 3.13. The minimum absolute atomic E-state index is 0.0477. The molecule has 0 heterocycles. The SMILES string of the molecule is COCCCC(=O)NC(c1ccccc1)c1ccc(C)cc1. The zero-order valence-corrected chi connectivity index (χ0v) is 13.2. The average Bonchev–Trinajstić information content (AvgIpc) is 2.55. The van der Waals surface area contributed by atoms with E-state index >= 15 is 0 Å². The number of amides is 1. The van der Waals surface area contributed by atoms with Crippen molar-refractivity contribution in [2.75, 3.05) is 13.7 Å². The number of benzene rings is 2. The first-order chi connectivity index (χ1) is 10.7. The second-order valence-corrected chi connectivity index (χ2v) is 5.42. The maximum Gasteiger partial charge on any atom is 0.220 e. The van der Waals surface area contributed by atoms with Gasteiger partial charge in [-0.05, 0) is 24.5 Å². The van der Waals surface area contributed by atoms with Crippen molar-refractivity contribution in [3.8, 4) is 0 Å². The van der Waals surface area contributed by atoms with Gasteiger partial charge in [-0.15, -0.1) is 0 Å². The van der Waals surface area contributed by atoms with Gasteiger partial charge in [-0.3, -0.25) is 4.79 Å². The molecule has 0 saturated heterocycles. The van der Waals surface area contributed by atoms with E-state index in [4.69, 9.17) is 4.74 Å². The van der Waals surface area contributed by atoms with Crippen molar-refractivity contribution in [3.63, 3.8) is 0 Å². The average molecular weight is 297 g/mol. The molecule has 0 radical (unpaired) electrons. The lowest BCUT2D eigenvalue weighted by molar-refractivity contribution is -0.121. The first-order valence-corrected chi connectivity index (χ1v) is 7.60. The van der Waals surface area contributed by atoms with E-state index in [-0.39, 0.29) is 11.9 Å². The predicted molar refractivity (Wildman–Crippen MR) is 88.7 cm³/mol. The first-order valence-electron chi connectivity index (χ1n) is 7.60. The molecule has 0 aliphatic rings. The summed E-state index contributed by atoms with van der Waals surface area (Å²) in [4.78, 5) is 12.2. The van der Waals surface area contributed by atoms with Crippen molar-refractivity contribution in [1.29, 1.82) is 0 Å². The quantitative estimate of drug-likeness (QED) is 0.793. The van der Waals surface area contributed by atoms with Crippen LogP contribution in [0.5, 0.6) is 0 Å². The fourth-order valence-corrected chi connectivity index (χ4v) is 2.37. The normalized spacial score (nSPS) is 11.9. The van der Waals surface area contributed by atoms with Gasteiger partial charge in [0, 0.05) is 20.1 Å². The van der Waals surface area contributed by atoms with Crippen LogP contribution in [0.4, 0.5) is 0 Å². The summed E-state index contributed by atoms with van der Waals surface area (Å²) in [5.41, 5.74) is 3.39. The lowest BCUT2D eigenvalue weighted by atomic mass is 9.97. The summed E-state index contributed by atoms with van der Waals surface area (Å²) >= 11 is 0. The van der Waals surface area contributed by atoms with Gasteiger partial charge in [0.05, 0.1) is 6.04 Å². The molecule has 0 aliphatic carbocycles. The van der Waals surface area contributed by atoms with Crippen molar-refractivity contribution < 1.29 is 9.53 Å². The fourth-order valence-electron chi connectivity index (χ4n) is 2.37. The minimum Gasteiger partial charge on any atom is -0.385 e.